The summed E-state index contributed by atoms with van der Waals surface area (Å²) in [6, 6.07) is 7.53. The third-order valence-corrected chi connectivity index (χ3v) is 3.35. The summed E-state index contributed by atoms with van der Waals surface area (Å²) in [6.07, 6.45) is 0.885. The van der Waals surface area contributed by atoms with Crippen LogP contribution in [0.4, 0.5) is 5.69 Å². The minimum absolute atomic E-state index is 0.160. The molecule has 1 heterocycles. The lowest BCUT2D eigenvalue weighted by molar-refractivity contribution is -0.123. The summed E-state index contributed by atoms with van der Waals surface area (Å²) in [7, 11) is 0. The van der Waals surface area contributed by atoms with E-state index in [2.05, 4.69) is 10.3 Å². The number of ether oxygens (including phenoxy) is 1. The van der Waals surface area contributed by atoms with E-state index >= 15 is 0 Å². The molecule has 3 N–H and O–H groups in total. The Labute approximate surface area is 113 Å². The highest BCUT2D eigenvalue weighted by molar-refractivity contribution is 5.85. The van der Waals surface area contributed by atoms with Crippen LogP contribution in [-0.4, -0.2) is 25.1 Å². The van der Waals surface area contributed by atoms with Crippen LogP contribution in [0.1, 0.15) is 20.3 Å². The number of rotatable bonds is 3. The van der Waals surface area contributed by atoms with Gasteiger partial charge in [-0.15, -0.1) is 0 Å². The molecule has 1 aromatic rings. The van der Waals surface area contributed by atoms with Gasteiger partial charge in [-0.1, -0.05) is 26.0 Å². The minimum Gasteiger partial charge on any atom is -0.491 e. The molecule has 5 heteroatoms. The average Bonchev–Trinajstić information content (AvgIpc) is 2.61. The number of nitrogens with one attached hydrogen (secondary N) is 1. The number of hydrogen-bond donors (Lipinski definition) is 2. The van der Waals surface area contributed by atoms with Gasteiger partial charge < -0.3 is 9.64 Å². The number of carbonyl (C=O) groups excluding carboxylic acids is 1. The summed E-state index contributed by atoms with van der Waals surface area (Å²) in [5.41, 5.74) is 3.23. The monoisotopic (exact) mass is 263 g/mol. The van der Waals surface area contributed by atoms with Gasteiger partial charge in [0.15, 0.2) is 0 Å². The van der Waals surface area contributed by atoms with Gasteiger partial charge in [-0.2, -0.15) is 0 Å². The lowest BCUT2D eigenvalue weighted by Crippen LogP contribution is -2.52. The zero-order valence-electron chi connectivity index (χ0n) is 11.4. The van der Waals surface area contributed by atoms with Gasteiger partial charge in [-0.3, -0.25) is 10.2 Å². The lowest BCUT2D eigenvalue weighted by Gasteiger charge is -2.34. The van der Waals surface area contributed by atoms with Gasteiger partial charge in [-0.25, -0.2) is 5.84 Å². The molecule has 2 rings (SSSR count). The van der Waals surface area contributed by atoms with E-state index in [0.29, 0.717) is 6.61 Å². The number of nitrogens with zero attached hydrogens (tertiary/aromatic N) is 1. The van der Waals surface area contributed by atoms with Crippen LogP contribution in [0, 0.1) is 5.92 Å². The maximum Gasteiger partial charge on any atom is 0.256 e. The van der Waals surface area contributed by atoms with Crippen molar-refractivity contribution >= 4 is 11.6 Å². The highest BCUT2D eigenvalue weighted by Gasteiger charge is 2.31. The number of amides is 1. The fourth-order valence-electron chi connectivity index (χ4n) is 2.53. The first-order valence-corrected chi connectivity index (χ1v) is 6.64. The Morgan fingerprint density at radius 2 is 2.16 bits per heavy atom. The molecule has 0 fully saturated rings. The second-order valence-corrected chi connectivity index (χ2v) is 5.06. The molecule has 1 aliphatic rings. The summed E-state index contributed by atoms with van der Waals surface area (Å²) in [5.74, 6) is 6.15. The molecule has 1 aromatic carbocycles. The fourth-order valence-corrected chi connectivity index (χ4v) is 2.53. The van der Waals surface area contributed by atoms with Gasteiger partial charge in [-0.05, 0) is 24.5 Å². The van der Waals surface area contributed by atoms with Crippen molar-refractivity contribution in [1.29, 1.82) is 0 Å². The largest absolute Gasteiger partial charge is 0.491 e. The van der Waals surface area contributed by atoms with Gasteiger partial charge in [0, 0.05) is 6.54 Å². The molecule has 0 aliphatic carbocycles. The maximum absolute atomic E-state index is 12.1. The molecule has 5 nitrogen and oxygen atoms in total. The minimum atomic E-state index is -0.284. The molecular weight excluding hydrogens is 242 g/mol. The normalized spacial score (nSPS) is 16.3. The van der Waals surface area contributed by atoms with E-state index in [1.807, 2.05) is 38.1 Å². The highest BCUT2D eigenvalue weighted by atomic mass is 16.5. The summed E-state index contributed by atoms with van der Waals surface area (Å²) < 4.78 is 5.72. The van der Waals surface area contributed by atoms with Gasteiger partial charge >= 0.3 is 0 Å². The summed E-state index contributed by atoms with van der Waals surface area (Å²) in [4.78, 5) is 14.1. The molecule has 104 valence electrons. The molecule has 1 aliphatic heterocycles. The van der Waals surface area contributed by atoms with E-state index in [4.69, 9.17) is 10.6 Å². The molecule has 19 heavy (non-hydrogen) atoms. The third-order valence-electron chi connectivity index (χ3n) is 3.35. The van der Waals surface area contributed by atoms with Crippen LogP contribution >= 0.6 is 0 Å². The smallest absolute Gasteiger partial charge is 0.256 e. The molecule has 1 amide bonds. The number of benzene rings is 1. The van der Waals surface area contributed by atoms with Crippen LogP contribution in [0.2, 0.25) is 0 Å². The Morgan fingerprint density at radius 1 is 1.42 bits per heavy atom. The molecule has 0 radical (unpaired) electrons. The standard InChI is InChI=1S/C14H21N3O2/c1-10(2)13(14(18)16-15)17-8-5-9-19-12-7-4-3-6-11(12)17/h3-4,6-7,10,13H,5,8-9,15H2,1-2H3,(H,16,18). The maximum atomic E-state index is 12.1. The first kappa shape index (κ1) is 13.7. The van der Waals surface area contributed by atoms with Crippen LogP contribution in [0.25, 0.3) is 0 Å². The molecule has 0 aromatic heterocycles. The highest BCUT2D eigenvalue weighted by Crippen LogP contribution is 2.33. The Hall–Kier alpha value is -1.75. The van der Waals surface area contributed by atoms with E-state index in [1.54, 1.807) is 0 Å². The molecule has 0 spiro atoms. The second-order valence-electron chi connectivity index (χ2n) is 5.06. The first-order valence-electron chi connectivity index (χ1n) is 6.64. The SMILES string of the molecule is CC(C)C(C(=O)NN)N1CCCOc2ccccc21. The Bertz CT molecular complexity index is 448. The molecule has 1 unspecified atom stereocenters. The van der Waals surface area contributed by atoms with E-state index in [-0.39, 0.29) is 17.9 Å². The van der Waals surface area contributed by atoms with E-state index < -0.39 is 0 Å². The molecule has 1 atom stereocenters. The van der Waals surface area contributed by atoms with Gasteiger partial charge in [0.25, 0.3) is 5.91 Å². The lowest BCUT2D eigenvalue weighted by atomic mass is 10.0. The van der Waals surface area contributed by atoms with Gasteiger partial charge in [0.05, 0.1) is 12.3 Å². The molecule has 0 saturated heterocycles. The van der Waals surface area contributed by atoms with Crippen LogP contribution in [-0.2, 0) is 4.79 Å². The molecule has 0 bridgehead atoms. The number of hydrogen-bond acceptors (Lipinski definition) is 4. The quantitative estimate of drug-likeness (QED) is 0.490. The van der Waals surface area contributed by atoms with Crippen molar-refractivity contribution in [2.45, 2.75) is 26.3 Å². The van der Waals surface area contributed by atoms with Crippen molar-refractivity contribution in [3.63, 3.8) is 0 Å². The first-order chi connectivity index (χ1) is 9.15. The van der Waals surface area contributed by atoms with Crippen LogP contribution in [0.15, 0.2) is 24.3 Å². The van der Waals surface area contributed by atoms with E-state index in [1.165, 1.54) is 0 Å². The predicted molar refractivity (Wildman–Crippen MR) is 74.9 cm³/mol. The Balaban J connectivity index is 2.39. The number of anilines is 1. The number of nitrogens with two attached hydrogens (primary N) is 1. The Kier molecular flexibility index (Phi) is 4.27. The number of fused-ring (bicyclic) bond motifs is 1. The second kappa shape index (κ2) is 5.93. The third kappa shape index (κ3) is 2.81. The number of carbonyl (C=O) groups is 1. The van der Waals surface area contributed by atoms with Crippen LogP contribution in [0.3, 0.4) is 0 Å². The molecule has 0 saturated carbocycles. The summed E-state index contributed by atoms with van der Waals surface area (Å²) >= 11 is 0. The van der Waals surface area contributed by atoms with Crippen molar-refractivity contribution < 1.29 is 9.53 Å². The van der Waals surface area contributed by atoms with Gasteiger partial charge in [0.1, 0.15) is 11.8 Å². The topological polar surface area (TPSA) is 67.6 Å². The number of hydrazine groups is 1. The fraction of sp³-hybridized carbons (Fsp3) is 0.500. The van der Waals surface area contributed by atoms with Crippen LogP contribution < -0.4 is 20.9 Å². The predicted octanol–water partition coefficient (Wildman–Crippen LogP) is 1.29. The summed E-state index contributed by atoms with van der Waals surface area (Å²) in [6.45, 7) is 5.50. The van der Waals surface area contributed by atoms with Crippen molar-refractivity contribution in [3.05, 3.63) is 24.3 Å². The van der Waals surface area contributed by atoms with Crippen molar-refractivity contribution in [2.75, 3.05) is 18.1 Å². The zero-order chi connectivity index (χ0) is 13.8. The van der Waals surface area contributed by atoms with E-state index in [0.717, 1.165) is 24.4 Å². The average molecular weight is 263 g/mol. The van der Waals surface area contributed by atoms with Gasteiger partial charge in [0.2, 0.25) is 0 Å². The Morgan fingerprint density at radius 3 is 2.84 bits per heavy atom. The van der Waals surface area contributed by atoms with Crippen molar-refractivity contribution in [2.24, 2.45) is 11.8 Å². The van der Waals surface area contributed by atoms with Crippen molar-refractivity contribution in [3.8, 4) is 5.75 Å². The zero-order valence-corrected chi connectivity index (χ0v) is 11.4. The van der Waals surface area contributed by atoms with E-state index in [9.17, 15) is 4.79 Å². The molecular formula is C14H21N3O2. The summed E-state index contributed by atoms with van der Waals surface area (Å²) in [5, 5.41) is 0. The van der Waals surface area contributed by atoms with Crippen molar-refractivity contribution in [1.82, 2.24) is 5.43 Å². The number of para-hydroxylation sites is 2. The van der Waals surface area contributed by atoms with Crippen LogP contribution in [0.5, 0.6) is 5.75 Å².